The Kier molecular flexibility index (Phi) is 11.2. The maximum atomic E-state index is 12.5. The number of rotatable bonds is 9. The van der Waals surface area contributed by atoms with Crippen molar-refractivity contribution in [3.05, 3.63) is 59.7 Å². The van der Waals surface area contributed by atoms with Gasteiger partial charge >= 0.3 is 6.61 Å². The summed E-state index contributed by atoms with van der Waals surface area (Å²) in [5, 5.41) is 6.44. The van der Waals surface area contributed by atoms with Gasteiger partial charge in [0.25, 0.3) is 0 Å². The van der Waals surface area contributed by atoms with E-state index >= 15 is 0 Å². The van der Waals surface area contributed by atoms with E-state index in [0.29, 0.717) is 12.5 Å². The average Bonchev–Trinajstić information content (AvgIpc) is 2.66. The first kappa shape index (κ1) is 23.9. The summed E-state index contributed by atoms with van der Waals surface area (Å²) < 4.78 is 34.6. The molecule has 8 heteroatoms. The van der Waals surface area contributed by atoms with E-state index in [1.165, 1.54) is 18.7 Å². The Morgan fingerprint density at radius 2 is 1.79 bits per heavy atom. The van der Waals surface area contributed by atoms with Gasteiger partial charge in [0.15, 0.2) is 17.5 Å². The highest BCUT2D eigenvalue weighted by atomic mass is 127. The Balaban J connectivity index is 0.00000392. The number of nitrogens with one attached hydrogen (secondary N) is 2. The van der Waals surface area contributed by atoms with Gasteiger partial charge in [0.2, 0.25) is 0 Å². The number of guanidine groups is 1. The van der Waals surface area contributed by atoms with Crippen molar-refractivity contribution < 1.29 is 18.3 Å². The molecular formula is C20H26F2IN3O2. The lowest BCUT2D eigenvalue weighted by Crippen LogP contribution is -2.38. The van der Waals surface area contributed by atoms with Crippen LogP contribution >= 0.6 is 24.0 Å². The van der Waals surface area contributed by atoms with Crippen LogP contribution in [0.4, 0.5) is 8.78 Å². The predicted octanol–water partition coefficient (Wildman–Crippen LogP) is 4.21. The zero-order valence-electron chi connectivity index (χ0n) is 16.0. The Morgan fingerprint density at radius 3 is 2.43 bits per heavy atom. The normalized spacial score (nSPS) is 11.0. The maximum Gasteiger partial charge on any atom is 0.387 e. The minimum absolute atomic E-state index is 0. The smallest absolute Gasteiger partial charge is 0.387 e. The summed E-state index contributed by atoms with van der Waals surface area (Å²) >= 11 is 0. The zero-order chi connectivity index (χ0) is 19.5. The molecule has 0 amide bonds. The van der Waals surface area contributed by atoms with E-state index < -0.39 is 6.61 Å². The monoisotopic (exact) mass is 505 g/mol. The predicted molar refractivity (Wildman–Crippen MR) is 118 cm³/mol. The molecule has 0 heterocycles. The molecule has 0 aliphatic carbocycles. The quantitative estimate of drug-likeness (QED) is 0.305. The van der Waals surface area contributed by atoms with Crippen LogP contribution in [0.25, 0.3) is 0 Å². The number of halogens is 3. The van der Waals surface area contributed by atoms with Crippen molar-refractivity contribution in [2.24, 2.45) is 4.99 Å². The van der Waals surface area contributed by atoms with Crippen molar-refractivity contribution >= 4 is 29.9 Å². The molecule has 0 spiro atoms. The molecule has 2 rings (SSSR count). The summed E-state index contributed by atoms with van der Waals surface area (Å²) in [6.07, 6.45) is 0.875. The number of alkyl halides is 2. The van der Waals surface area contributed by atoms with E-state index in [-0.39, 0.29) is 35.5 Å². The lowest BCUT2D eigenvalue weighted by atomic mass is 10.1. The SMILES string of the molecule is CCNC(=NCc1ccc(OC)c(OC(F)F)c1)NCCc1ccccc1.I. The Hall–Kier alpha value is -2.10. The van der Waals surface area contributed by atoms with Crippen LogP contribution in [-0.2, 0) is 13.0 Å². The Bertz CT molecular complexity index is 731. The van der Waals surface area contributed by atoms with Gasteiger partial charge in [-0.25, -0.2) is 4.99 Å². The molecule has 154 valence electrons. The van der Waals surface area contributed by atoms with Crippen molar-refractivity contribution in [1.82, 2.24) is 10.6 Å². The second-order valence-electron chi connectivity index (χ2n) is 5.72. The van der Waals surface area contributed by atoms with Gasteiger partial charge in [-0.3, -0.25) is 0 Å². The summed E-state index contributed by atoms with van der Waals surface area (Å²) in [7, 11) is 1.41. The first-order valence-electron chi connectivity index (χ1n) is 8.80. The fourth-order valence-corrected chi connectivity index (χ4v) is 2.49. The van der Waals surface area contributed by atoms with Crippen LogP contribution in [0.1, 0.15) is 18.1 Å². The summed E-state index contributed by atoms with van der Waals surface area (Å²) in [5.74, 6) is 0.929. The van der Waals surface area contributed by atoms with E-state index in [4.69, 9.17) is 4.74 Å². The maximum absolute atomic E-state index is 12.5. The average molecular weight is 505 g/mol. The van der Waals surface area contributed by atoms with Crippen LogP contribution in [0.2, 0.25) is 0 Å². The van der Waals surface area contributed by atoms with E-state index in [9.17, 15) is 8.78 Å². The largest absolute Gasteiger partial charge is 0.493 e. The number of benzene rings is 2. The van der Waals surface area contributed by atoms with Gasteiger partial charge in [0.1, 0.15) is 0 Å². The van der Waals surface area contributed by atoms with Crippen LogP contribution in [0.3, 0.4) is 0 Å². The van der Waals surface area contributed by atoms with Crippen LogP contribution in [0.5, 0.6) is 11.5 Å². The van der Waals surface area contributed by atoms with Crippen LogP contribution in [0, 0.1) is 0 Å². The molecule has 2 aromatic carbocycles. The minimum atomic E-state index is -2.91. The molecule has 0 unspecified atom stereocenters. The fourth-order valence-electron chi connectivity index (χ4n) is 2.49. The third kappa shape index (κ3) is 8.28. The van der Waals surface area contributed by atoms with E-state index in [1.807, 2.05) is 25.1 Å². The van der Waals surface area contributed by atoms with E-state index in [0.717, 1.165) is 25.1 Å². The summed E-state index contributed by atoms with van der Waals surface area (Å²) in [5.41, 5.74) is 1.98. The molecular weight excluding hydrogens is 479 g/mol. The molecule has 0 atom stereocenters. The van der Waals surface area contributed by atoms with E-state index in [1.54, 1.807) is 12.1 Å². The Morgan fingerprint density at radius 1 is 1.04 bits per heavy atom. The number of methoxy groups -OCH3 is 1. The highest BCUT2D eigenvalue weighted by Gasteiger charge is 2.11. The lowest BCUT2D eigenvalue weighted by Gasteiger charge is -2.13. The third-order valence-corrected chi connectivity index (χ3v) is 3.76. The molecule has 0 saturated carbocycles. The molecule has 2 aromatic rings. The van der Waals surface area contributed by atoms with Gasteiger partial charge in [0, 0.05) is 13.1 Å². The molecule has 0 aliphatic heterocycles. The van der Waals surface area contributed by atoms with Gasteiger partial charge < -0.3 is 20.1 Å². The van der Waals surface area contributed by atoms with Gasteiger partial charge in [-0.2, -0.15) is 8.78 Å². The second kappa shape index (κ2) is 13.1. The number of hydrogen-bond acceptors (Lipinski definition) is 3. The van der Waals surface area contributed by atoms with Crippen molar-refractivity contribution in [1.29, 1.82) is 0 Å². The van der Waals surface area contributed by atoms with Crippen LogP contribution in [-0.4, -0.2) is 32.8 Å². The summed E-state index contributed by atoms with van der Waals surface area (Å²) in [6, 6.07) is 15.0. The zero-order valence-corrected chi connectivity index (χ0v) is 18.3. The highest BCUT2D eigenvalue weighted by molar-refractivity contribution is 14.0. The number of aliphatic imine (C=N–C) groups is 1. The van der Waals surface area contributed by atoms with Crippen molar-refractivity contribution in [2.45, 2.75) is 26.5 Å². The van der Waals surface area contributed by atoms with Crippen molar-refractivity contribution in [3.63, 3.8) is 0 Å². The number of nitrogens with zero attached hydrogens (tertiary/aromatic N) is 1. The minimum Gasteiger partial charge on any atom is -0.493 e. The third-order valence-electron chi connectivity index (χ3n) is 3.76. The topological polar surface area (TPSA) is 54.9 Å². The number of hydrogen-bond donors (Lipinski definition) is 2. The highest BCUT2D eigenvalue weighted by Crippen LogP contribution is 2.29. The summed E-state index contributed by atoms with van der Waals surface area (Å²) in [4.78, 5) is 4.50. The second-order valence-corrected chi connectivity index (χ2v) is 5.72. The molecule has 0 bridgehead atoms. The van der Waals surface area contributed by atoms with Gasteiger partial charge in [-0.15, -0.1) is 24.0 Å². The first-order valence-corrected chi connectivity index (χ1v) is 8.80. The molecule has 5 nitrogen and oxygen atoms in total. The Labute approximate surface area is 181 Å². The standard InChI is InChI=1S/C20H25F2N3O2.HI/c1-3-23-20(24-12-11-15-7-5-4-6-8-15)25-14-16-9-10-17(26-2)18(13-16)27-19(21)22;/h4-10,13,19H,3,11-12,14H2,1-2H3,(H2,23,24,25);1H. The fraction of sp³-hybridized carbons (Fsp3) is 0.350. The molecule has 0 radical (unpaired) electrons. The van der Waals surface area contributed by atoms with E-state index in [2.05, 4.69) is 32.5 Å². The first-order chi connectivity index (χ1) is 13.1. The molecule has 0 aliphatic rings. The lowest BCUT2D eigenvalue weighted by molar-refractivity contribution is -0.0512. The van der Waals surface area contributed by atoms with Gasteiger partial charge in [-0.1, -0.05) is 36.4 Å². The van der Waals surface area contributed by atoms with Crippen molar-refractivity contribution in [2.75, 3.05) is 20.2 Å². The van der Waals surface area contributed by atoms with Crippen LogP contribution < -0.4 is 20.1 Å². The molecule has 0 aromatic heterocycles. The van der Waals surface area contributed by atoms with Gasteiger partial charge in [-0.05, 0) is 36.6 Å². The molecule has 0 fully saturated rings. The molecule has 2 N–H and O–H groups in total. The van der Waals surface area contributed by atoms with Gasteiger partial charge in [0.05, 0.1) is 13.7 Å². The molecule has 0 saturated heterocycles. The van der Waals surface area contributed by atoms with Crippen molar-refractivity contribution in [3.8, 4) is 11.5 Å². The molecule has 28 heavy (non-hydrogen) atoms. The van der Waals surface area contributed by atoms with Crippen LogP contribution in [0.15, 0.2) is 53.5 Å². The summed E-state index contributed by atoms with van der Waals surface area (Å²) in [6.45, 7) is 0.854. The number of ether oxygens (including phenoxy) is 2.